The molecule has 2 N–H and O–H groups in total. The second-order valence-electron chi connectivity index (χ2n) is 7.76. The zero-order chi connectivity index (χ0) is 24.9. The third-order valence-corrected chi connectivity index (χ3v) is 5.44. The number of hydrogen-bond acceptors (Lipinski definition) is 4. The first kappa shape index (κ1) is 25.3. The zero-order valence-corrected chi connectivity index (χ0v) is 17.8. The summed E-state index contributed by atoms with van der Waals surface area (Å²) >= 11 is 0. The van der Waals surface area contributed by atoms with Crippen LogP contribution in [-0.2, 0) is 17.1 Å². The Morgan fingerprint density at radius 2 is 1.59 bits per heavy atom. The van der Waals surface area contributed by atoms with Gasteiger partial charge in [0.25, 0.3) is 5.91 Å². The minimum Gasteiger partial charge on any atom is -0.368 e. The number of carbonyl (C=O) groups is 2. The third kappa shape index (κ3) is 6.39. The smallest absolute Gasteiger partial charge is 0.368 e. The van der Waals surface area contributed by atoms with Gasteiger partial charge in [0.05, 0.1) is 11.1 Å². The maximum Gasteiger partial charge on any atom is 0.419 e. The summed E-state index contributed by atoms with van der Waals surface area (Å²) in [5, 5.41) is 5.22. The molecule has 1 aromatic heterocycles. The Morgan fingerprint density at radius 1 is 0.941 bits per heavy atom. The number of benzene rings is 1. The topological polar surface area (TPSA) is 74.3 Å². The maximum atomic E-state index is 13.0. The molecule has 0 unspecified atom stereocenters. The Hall–Kier alpha value is -3.31. The summed E-state index contributed by atoms with van der Waals surface area (Å²) in [6.45, 7) is 0.645. The van der Waals surface area contributed by atoms with E-state index in [0.717, 1.165) is 30.3 Å². The minimum absolute atomic E-state index is 0.0388. The van der Waals surface area contributed by atoms with E-state index in [9.17, 15) is 35.9 Å². The van der Waals surface area contributed by atoms with E-state index in [-0.39, 0.29) is 49.4 Å². The highest BCUT2D eigenvalue weighted by molar-refractivity contribution is 5.94. The number of hydrogen-bond donors (Lipinski definition) is 2. The molecule has 0 bridgehead atoms. The van der Waals surface area contributed by atoms with Gasteiger partial charge in [-0.2, -0.15) is 26.3 Å². The van der Waals surface area contributed by atoms with Crippen LogP contribution >= 0.6 is 0 Å². The number of pyridine rings is 1. The van der Waals surface area contributed by atoms with E-state index in [4.69, 9.17) is 0 Å². The second kappa shape index (κ2) is 10.3. The Labute approximate surface area is 191 Å². The third-order valence-electron chi connectivity index (χ3n) is 5.44. The first-order chi connectivity index (χ1) is 16.0. The van der Waals surface area contributed by atoms with Crippen LogP contribution in [0.1, 0.15) is 34.3 Å². The largest absolute Gasteiger partial charge is 0.419 e. The van der Waals surface area contributed by atoms with E-state index < -0.39 is 29.4 Å². The number of nitrogens with zero attached hydrogens (tertiary/aromatic N) is 2. The van der Waals surface area contributed by atoms with Gasteiger partial charge in [0.15, 0.2) is 0 Å². The van der Waals surface area contributed by atoms with Gasteiger partial charge in [0.2, 0.25) is 5.91 Å². The summed E-state index contributed by atoms with van der Waals surface area (Å²) in [4.78, 5) is 30.1. The van der Waals surface area contributed by atoms with Gasteiger partial charge in [-0.25, -0.2) is 4.98 Å². The second-order valence-corrected chi connectivity index (χ2v) is 7.76. The van der Waals surface area contributed by atoms with Crippen molar-refractivity contribution in [1.29, 1.82) is 0 Å². The molecule has 1 aliphatic heterocycles. The van der Waals surface area contributed by atoms with Crippen LogP contribution in [0.4, 0.5) is 32.2 Å². The van der Waals surface area contributed by atoms with Crippen LogP contribution in [0.3, 0.4) is 0 Å². The van der Waals surface area contributed by atoms with Crippen molar-refractivity contribution in [3.8, 4) is 0 Å². The molecular formula is C22H22F6N4O2. The number of likely N-dealkylation sites (tertiary alicyclic amines) is 1. The number of halogens is 6. The summed E-state index contributed by atoms with van der Waals surface area (Å²) in [6, 6.07) is 6.05. The van der Waals surface area contributed by atoms with Crippen LogP contribution in [0.25, 0.3) is 0 Å². The Kier molecular flexibility index (Phi) is 7.68. The van der Waals surface area contributed by atoms with E-state index in [0.29, 0.717) is 12.8 Å². The molecule has 0 aliphatic carbocycles. The zero-order valence-electron chi connectivity index (χ0n) is 17.8. The number of anilines is 1. The van der Waals surface area contributed by atoms with Gasteiger partial charge in [-0.3, -0.25) is 9.59 Å². The van der Waals surface area contributed by atoms with Gasteiger partial charge < -0.3 is 15.5 Å². The Bertz CT molecular complexity index is 1000. The highest BCUT2D eigenvalue weighted by atomic mass is 19.4. The number of amides is 2. The van der Waals surface area contributed by atoms with Crippen LogP contribution in [-0.4, -0.2) is 47.9 Å². The first-order valence-electron chi connectivity index (χ1n) is 10.5. The quantitative estimate of drug-likeness (QED) is 0.472. The van der Waals surface area contributed by atoms with Crippen molar-refractivity contribution in [3.63, 3.8) is 0 Å². The van der Waals surface area contributed by atoms with Gasteiger partial charge in [-0.05, 0) is 49.2 Å². The van der Waals surface area contributed by atoms with Crippen molar-refractivity contribution < 1.29 is 35.9 Å². The predicted octanol–water partition coefficient (Wildman–Crippen LogP) is 4.20. The van der Waals surface area contributed by atoms with Crippen molar-refractivity contribution in [1.82, 2.24) is 15.2 Å². The summed E-state index contributed by atoms with van der Waals surface area (Å²) in [7, 11) is 0. The van der Waals surface area contributed by atoms with Crippen molar-refractivity contribution in [2.45, 2.75) is 25.2 Å². The van der Waals surface area contributed by atoms with Crippen LogP contribution in [0.5, 0.6) is 0 Å². The van der Waals surface area contributed by atoms with Crippen molar-refractivity contribution in [2.75, 3.05) is 31.5 Å². The molecule has 2 amide bonds. The van der Waals surface area contributed by atoms with E-state index in [1.807, 2.05) is 0 Å². The van der Waals surface area contributed by atoms with E-state index in [2.05, 4.69) is 15.6 Å². The molecule has 2 heterocycles. The monoisotopic (exact) mass is 488 g/mol. The molecular weight excluding hydrogens is 466 g/mol. The number of aromatic nitrogens is 1. The molecule has 1 aliphatic rings. The molecule has 3 rings (SSSR count). The van der Waals surface area contributed by atoms with Crippen LogP contribution in [0, 0.1) is 5.92 Å². The summed E-state index contributed by atoms with van der Waals surface area (Å²) in [5.41, 5.74) is -1.60. The van der Waals surface area contributed by atoms with E-state index in [1.165, 1.54) is 17.2 Å². The van der Waals surface area contributed by atoms with E-state index >= 15 is 0 Å². The van der Waals surface area contributed by atoms with Crippen molar-refractivity contribution in [3.05, 3.63) is 59.3 Å². The molecule has 2 aromatic rings. The fraction of sp³-hybridized carbons (Fsp3) is 0.409. The van der Waals surface area contributed by atoms with Crippen molar-refractivity contribution >= 4 is 17.6 Å². The first-order valence-corrected chi connectivity index (χ1v) is 10.5. The standard InChI is InChI=1S/C22H22F6N4O2/c23-21(24,25)16-5-3-15(4-6-16)20(34)32-12-7-14(8-13-32)19(33)31-11-10-30-18-17(22(26,27)28)2-1-9-29-18/h1-6,9,14H,7-8,10-13H2,(H,29,30)(H,31,33). The molecule has 0 radical (unpaired) electrons. The fourth-order valence-electron chi connectivity index (χ4n) is 3.61. The van der Waals surface area contributed by atoms with E-state index in [1.54, 1.807) is 0 Å². The molecule has 6 nitrogen and oxygen atoms in total. The van der Waals surface area contributed by atoms with Crippen LogP contribution < -0.4 is 10.6 Å². The maximum absolute atomic E-state index is 13.0. The number of rotatable bonds is 6. The molecule has 1 saturated heterocycles. The molecule has 34 heavy (non-hydrogen) atoms. The molecule has 1 fully saturated rings. The van der Waals surface area contributed by atoms with Crippen LogP contribution in [0.2, 0.25) is 0 Å². The average Bonchev–Trinajstić information content (AvgIpc) is 2.80. The lowest BCUT2D eigenvalue weighted by atomic mass is 9.95. The summed E-state index contributed by atoms with van der Waals surface area (Å²) in [5.74, 6) is -1.38. The molecule has 0 spiro atoms. The average molecular weight is 488 g/mol. The highest BCUT2D eigenvalue weighted by Gasteiger charge is 2.34. The highest BCUT2D eigenvalue weighted by Crippen LogP contribution is 2.33. The lowest BCUT2D eigenvalue weighted by molar-refractivity contribution is -0.138. The number of nitrogens with one attached hydrogen (secondary N) is 2. The number of alkyl halides is 6. The van der Waals surface area contributed by atoms with Crippen molar-refractivity contribution in [2.24, 2.45) is 5.92 Å². The van der Waals surface area contributed by atoms with Gasteiger partial charge >= 0.3 is 12.4 Å². The summed E-state index contributed by atoms with van der Waals surface area (Å²) < 4.78 is 76.9. The van der Waals surface area contributed by atoms with Crippen LogP contribution in [0.15, 0.2) is 42.6 Å². The fourth-order valence-corrected chi connectivity index (χ4v) is 3.61. The van der Waals surface area contributed by atoms with Gasteiger partial charge in [-0.1, -0.05) is 0 Å². The molecule has 12 heteroatoms. The lowest BCUT2D eigenvalue weighted by Gasteiger charge is -2.31. The SMILES string of the molecule is O=C(NCCNc1ncccc1C(F)(F)F)C1CCN(C(=O)c2ccc(C(F)(F)F)cc2)CC1. The number of carbonyl (C=O) groups excluding carboxylic acids is 2. The lowest BCUT2D eigenvalue weighted by Crippen LogP contribution is -2.43. The predicted molar refractivity (Wildman–Crippen MR) is 111 cm³/mol. The Morgan fingerprint density at radius 3 is 2.18 bits per heavy atom. The molecule has 1 aromatic carbocycles. The van der Waals surface area contributed by atoms with Gasteiger partial charge in [0, 0.05) is 43.9 Å². The van der Waals surface area contributed by atoms with Gasteiger partial charge in [0.1, 0.15) is 5.82 Å². The molecule has 184 valence electrons. The normalized spacial score (nSPS) is 15.2. The minimum atomic E-state index is -4.55. The number of piperidine rings is 1. The Balaban J connectivity index is 1.43. The molecule has 0 saturated carbocycles. The van der Waals surface area contributed by atoms with Gasteiger partial charge in [-0.15, -0.1) is 0 Å². The molecule has 0 atom stereocenters. The summed E-state index contributed by atoms with van der Waals surface area (Å²) in [6.07, 6.45) is -7.07.